The number of aromatic amines is 1. The molecule has 7 heteroatoms. The van der Waals surface area contributed by atoms with Crippen LogP contribution in [0.4, 0.5) is 5.69 Å². The van der Waals surface area contributed by atoms with Gasteiger partial charge in [-0.25, -0.2) is 0 Å². The third-order valence-corrected chi connectivity index (χ3v) is 8.48. The first kappa shape index (κ1) is 23.5. The van der Waals surface area contributed by atoms with E-state index in [0.717, 1.165) is 86.1 Å². The maximum Gasteiger partial charge on any atom is 0.256 e. The van der Waals surface area contributed by atoms with Crippen molar-refractivity contribution in [3.63, 3.8) is 0 Å². The summed E-state index contributed by atoms with van der Waals surface area (Å²) in [5.74, 6) is 0.546. The van der Waals surface area contributed by atoms with Crippen LogP contribution in [-0.4, -0.2) is 72.5 Å². The van der Waals surface area contributed by atoms with Crippen LogP contribution in [0.25, 0.3) is 11.6 Å². The van der Waals surface area contributed by atoms with E-state index < -0.39 is 0 Å². The number of anilines is 1. The zero-order valence-corrected chi connectivity index (χ0v) is 21.2. The molecule has 7 nitrogen and oxygen atoms in total. The van der Waals surface area contributed by atoms with E-state index in [1.807, 2.05) is 24.0 Å². The summed E-state index contributed by atoms with van der Waals surface area (Å²) in [5, 5.41) is 3.08. The highest BCUT2D eigenvalue weighted by molar-refractivity contribution is 6.35. The van der Waals surface area contributed by atoms with Gasteiger partial charge in [-0.2, -0.15) is 0 Å². The standard InChI is InChI=1S/C29H36N4O3/c1-19-25(30-24-10-11-33(29(35)26(19)24)13-12-32-14-16-36-17-15-32)18-22-27-21(20-6-3-2-4-7-20)8-5-9-23(27)31-28(22)34/h5,8-9,18,20,30H,2-4,6-7,10-17H2,1H3,(H,31,34)/b22-18-. The minimum atomic E-state index is -0.0568. The molecular formula is C29H36N4O3. The largest absolute Gasteiger partial charge is 0.379 e. The van der Waals surface area contributed by atoms with Crippen LogP contribution in [0.3, 0.4) is 0 Å². The Kier molecular flexibility index (Phi) is 6.44. The molecular weight excluding hydrogens is 452 g/mol. The molecule has 2 amide bonds. The molecule has 1 aromatic heterocycles. The van der Waals surface area contributed by atoms with Crippen molar-refractivity contribution in [3.8, 4) is 0 Å². The van der Waals surface area contributed by atoms with Gasteiger partial charge in [0.1, 0.15) is 0 Å². The molecule has 1 saturated carbocycles. The number of amides is 2. The van der Waals surface area contributed by atoms with Crippen LogP contribution in [0, 0.1) is 6.92 Å². The second-order valence-corrected chi connectivity index (χ2v) is 10.6. The first-order valence-corrected chi connectivity index (χ1v) is 13.6. The van der Waals surface area contributed by atoms with E-state index in [2.05, 4.69) is 27.3 Å². The van der Waals surface area contributed by atoms with Gasteiger partial charge >= 0.3 is 0 Å². The predicted octanol–water partition coefficient (Wildman–Crippen LogP) is 4.19. The van der Waals surface area contributed by atoms with Gasteiger partial charge in [0.05, 0.1) is 24.4 Å². The van der Waals surface area contributed by atoms with Crippen LogP contribution < -0.4 is 5.32 Å². The Balaban J connectivity index is 1.27. The van der Waals surface area contributed by atoms with Gasteiger partial charge in [0.2, 0.25) is 0 Å². The quantitative estimate of drug-likeness (QED) is 0.619. The lowest BCUT2D eigenvalue weighted by Crippen LogP contribution is -2.45. The summed E-state index contributed by atoms with van der Waals surface area (Å²) >= 11 is 0. The first-order chi connectivity index (χ1) is 17.6. The number of hydrogen-bond acceptors (Lipinski definition) is 4. The highest BCUT2D eigenvalue weighted by atomic mass is 16.5. The molecule has 3 aliphatic heterocycles. The highest BCUT2D eigenvalue weighted by Gasteiger charge is 2.32. The van der Waals surface area contributed by atoms with Gasteiger partial charge in [-0.15, -0.1) is 0 Å². The Morgan fingerprint density at radius 2 is 1.83 bits per heavy atom. The Morgan fingerprint density at radius 3 is 2.64 bits per heavy atom. The minimum absolute atomic E-state index is 0.0568. The van der Waals surface area contributed by atoms with E-state index in [1.54, 1.807) is 0 Å². The van der Waals surface area contributed by atoms with E-state index in [4.69, 9.17) is 4.74 Å². The number of hydrogen-bond donors (Lipinski definition) is 2. The van der Waals surface area contributed by atoms with Crippen molar-refractivity contribution in [2.45, 2.75) is 51.4 Å². The summed E-state index contributed by atoms with van der Waals surface area (Å²) in [6.07, 6.45) is 8.96. The smallest absolute Gasteiger partial charge is 0.256 e. The SMILES string of the molecule is Cc1c(/C=C2\C(=O)Nc3cccc(C4CCCCC4)c32)[nH]c2c1C(=O)N(CCN1CCOCC1)CC2. The van der Waals surface area contributed by atoms with Gasteiger partial charge in [-0.3, -0.25) is 14.5 Å². The number of rotatable bonds is 5. The topological polar surface area (TPSA) is 77.7 Å². The van der Waals surface area contributed by atoms with E-state index in [0.29, 0.717) is 11.5 Å². The molecule has 1 aliphatic carbocycles. The molecule has 1 saturated heterocycles. The van der Waals surface area contributed by atoms with Crippen LogP contribution in [0.5, 0.6) is 0 Å². The molecule has 0 spiro atoms. The van der Waals surface area contributed by atoms with Crippen molar-refractivity contribution in [1.82, 2.24) is 14.8 Å². The van der Waals surface area contributed by atoms with Crippen molar-refractivity contribution in [2.75, 3.05) is 51.3 Å². The van der Waals surface area contributed by atoms with E-state index in [1.165, 1.54) is 37.7 Å². The second-order valence-electron chi connectivity index (χ2n) is 10.6. The molecule has 6 rings (SSSR count). The fraction of sp³-hybridized carbons (Fsp3) is 0.517. The number of benzene rings is 1. The Labute approximate surface area is 212 Å². The van der Waals surface area contributed by atoms with Gasteiger partial charge in [-0.05, 0) is 49.0 Å². The molecule has 1 aromatic carbocycles. The number of nitrogens with one attached hydrogen (secondary N) is 2. The average molecular weight is 489 g/mol. The van der Waals surface area contributed by atoms with Gasteiger partial charge in [0.25, 0.3) is 11.8 Å². The summed E-state index contributed by atoms with van der Waals surface area (Å²) in [7, 11) is 0. The summed E-state index contributed by atoms with van der Waals surface area (Å²) in [6.45, 7) is 7.75. The highest BCUT2D eigenvalue weighted by Crippen LogP contribution is 2.43. The molecule has 0 radical (unpaired) electrons. The lowest BCUT2D eigenvalue weighted by Gasteiger charge is -2.32. The predicted molar refractivity (Wildman–Crippen MR) is 141 cm³/mol. The van der Waals surface area contributed by atoms with Gasteiger partial charge in [0.15, 0.2) is 0 Å². The number of ether oxygens (including phenoxy) is 1. The number of nitrogens with zero attached hydrogens (tertiary/aromatic N) is 2. The van der Waals surface area contributed by atoms with Crippen LogP contribution in [0.15, 0.2) is 18.2 Å². The van der Waals surface area contributed by atoms with Gasteiger partial charge in [0, 0.05) is 61.8 Å². The fourth-order valence-electron chi connectivity index (χ4n) is 6.42. The molecule has 190 valence electrons. The normalized spacial score (nSPS) is 22.1. The lowest BCUT2D eigenvalue weighted by molar-refractivity contribution is -0.110. The Hall–Kier alpha value is -2.90. The number of H-pyrrole nitrogens is 1. The zero-order chi connectivity index (χ0) is 24.6. The third kappa shape index (κ3) is 4.28. The molecule has 4 aliphatic rings. The third-order valence-electron chi connectivity index (χ3n) is 8.48. The van der Waals surface area contributed by atoms with Crippen molar-refractivity contribution in [1.29, 1.82) is 0 Å². The van der Waals surface area contributed by atoms with Crippen LogP contribution >= 0.6 is 0 Å². The van der Waals surface area contributed by atoms with Crippen LogP contribution in [0.2, 0.25) is 0 Å². The average Bonchev–Trinajstić information content (AvgIpc) is 3.41. The zero-order valence-electron chi connectivity index (χ0n) is 21.2. The number of carbonyl (C=O) groups is 2. The second kappa shape index (κ2) is 9.87. The summed E-state index contributed by atoms with van der Waals surface area (Å²) in [4.78, 5) is 34.4. The summed E-state index contributed by atoms with van der Waals surface area (Å²) < 4.78 is 5.44. The molecule has 4 heterocycles. The fourth-order valence-corrected chi connectivity index (χ4v) is 6.42. The van der Waals surface area contributed by atoms with Crippen LogP contribution in [0.1, 0.15) is 76.5 Å². The van der Waals surface area contributed by atoms with Crippen molar-refractivity contribution >= 4 is 29.2 Å². The van der Waals surface area contributed by atoms with Crippen molar-refractivity contribution < 1.29 is 14.3 Å². The number of aromatic nitrogens is 1. The Bertz CT molecular complexity index is 1200. The van der Waals surface area contributed by atoms with Gasteiger partial charge < -0.3 is 19.9 Å². The summed E-state index contributed by atoms with van der Waals surface area (Å²) in [6, 6.07) is 6.27. The molecule has 0 unspecified atom stereocenters. The maximum absolute atomic E-state index is 13.4. The molecule has 36 heavy (non-hydrogen) atoms. The van der Waals surface area contributed by atoms with Crippen LogP contribution in [-0.2, 0) is 16.0 Å². The van der Waals surface area contributed by atoms with E-state index >= 15 is 0 Å². The maximum atomic E-state index is 13.4. The van der Waals surface area contributed by atoms with E-state index in [9.17, 15) is 9.59 Å². The molecule has 0 atom stereocenters. The molecule has 0 bridgehead atoms. The molecule has 2 N–H and O–H groups in total. The lowest BCUT2D eigenvalue weighted by atomic mass is 9.80. The number of morpholine rings is 1. The van der Waals surface area contributed by atoms with Crippen molar-refractivity contribution in [2.24, 2.45) is 0 Å². The molecule has 2 fully saturated rings. The Morgan fingerprint density at radius 1 is 1.03 bits per heavy atom. The van der Waals surface area contributed by atoms with E-state index in [-0.39, 0.29) is 11.8 Å². The number of fused-ring (bicyclic) bond motifs is 2. The first-order valence-electron chi connectivity index (χ1n) is 13.6. The monoisotopic (exact) mass is 488 g/mol. The number of carbonyl (C=O) groups excluding carboxylic acids is 2. The summed E-state index contributed by atoms with van der Waals surface area (Å²) in [5.41, 5.74) is 7.56. The minimum Gasteiger partial charge on any atom is -0.379 e. The van der Waals surface area contributed by atoms with Crippen molar-refractivity contribution in [3.05, 3.63) is 51.8 Å². The molecule has 2 aromatic rings. The van der Waals surface area contributed by atoms with Gasteiger partial charge in [-0.1, -0.05) is 31.4 Å².